The van der Waals surface area contributed by atoms with Crippen molar-refractivity contribution in [3.63, 3.8) is 0 Å². The number of halogens is 2. The van der Waals surface area contributed by atoms with Crippen LogP contribution in [0.25, 0.3) is 5.57 Å². The Balaban J connectivity index is 2.41. The number of hydrogen-bond acceptors (Lipinski definition) is 2. The maximum Gasteiger partial charge on any atom is 0.934 e. The van der Waals surface area contributed by atoms with E-state index in [-0.39, 0.29) is 5.69 Å². The second kappa shape index (κ2) is 6.72. The van der Waals surface area contributed by atoms with Gasteiger partial charge in [-0.1, -0.05) is 0 Å². The number of pyridine rings is 1. The third-order valence-electron chi connectivity index (χ3n) is 4.41. The first kappa shape index (κ1) is 17.8. The average Bonchev–Trinajstić information content (AvgIpc) is 3.06. The van der Waals surface area contributed by atoms with Crippen molar-refractivity contribution in [3.05, 3.63) is 70.0 Å². The zero-order valence-corrected chi connectivity index (χ0v) is 15.1. The van der Waals surface area contributed by atoms with Crippen LogP contribution in [0.5, 0.6) is 0 Å². The van der Waals surface area contributed by atoms with Crippen LogP contribution in [-0.2, 0) is 0 Å². The fourth-order valence-electron chi connectivity index (χ4n) is 3.42. The zero-order chi connectivity index (χ0) is 19.0. The van der Waals surface area contributed by atoms with E-state index >= 15 is 0 Å². The van der Waals surface area contributed by atoms with Crippen LogP contribution >= 0.6 is 0 Å². The Bertz CT molecular complexity index is 1020. The smallest absolute Gasteiger partial charge is 0.358 e. The molecule has 1 aliphatic heterocycles. The van der Waals surface area contributed by atoms with E-state index in [1.165, 1.54) is 6.20 Å². The minimum atomic E-state index is -2.66. The highest BCUT2D eigenvalue weighted by Gasteiger charge is 2.44. The molecule has 1 N–H and O–H groups in total. The molecule has 0 atom stereocenters. The van der Waals surface area contributed by atoms with Crippen LogP contribution in [0, 0.1) is 25.2 Å². The summed E-state index contributed by atoms with van der Waals surface area (Å²) < 4.78 is 28.7. The standard InChI is InChI=1S/C19H17BF2N4/c1-11-7-13(3)25-18(11)17(15-5-6-24-16(9-15)10-23)19-12(2)8-14(4)26(19)20(21)22/h5-9H,1-4H3/p+1. The average molecular weight is 351 g/mol. The molecule has 0 bridgehead atoms. The number of rotatable bonds is 3. The molecule has 3 rings (SSSR count). The maximum atomic E-state index is 13.8. The molecule has 2 aromatic heterocycles. The summed E-state index contributed by atoms with van der Waals surface area (Å²) in [6.07, 6.45) is 3.27. The maximum absolute atomic E-state index is 13.8. The van der Waals surface area contributed by atoms with Crippen LogP contribution in [-0.4, -0.2) is 27.6 Å². The van der Waals surface area contributed by atoms with Gasteiger partial charge in [0.05, 0.1) is 11.3 Å². The fraction of sp³-hybridized carbons (Fsp3) is 0.211. The second-order valence-corrected chi connectivity index (χ2v) is 6.39. The van der Waals surface area contributed by atoms with Gasteiger partial charge in [0.2, 0.25) is 0 Å². The molecule has 130 valence electrons. The number of aromatic nitrogens is 2. The van der Waals surface area contributed by atoms with E-state index in [4.69, 9.17) is 0 Å². The van der Waals surface area contributed by atoms with Gasteiger partial charge in [0.1, 0.15) is 11.8 Å². The van der Waals surface area contributed by atoms with Crippen LogP contribution in [0.1, 0.15) is 42.1 Å². The molecular formula is C19H18BF2N4+. The Morgan fingerprint density at radius 1 is 1.23 bits per heavy atom. The van der Waals surface area contributed by atoms with Crippen LogP contribution in [0.2, 0.25) is 0 Å². The van der Waals surface area contributed by atoms with Gasteiger partial charge in [0.25, 0.3) is 0 Å². The van der Waals surface area contributed by atoms with E-state index in [1.807, 2.05) is 32.9 Å². The molecule has 0 amide bonds. The number of aryl methyl sites for hydroxylation is 2. The molecule has 26 heavy (non-hydrogen) atoms. The van der Waals surface area contributed by atoms with Crippen LogP contribution in [0.15, 0.2) is 41.7 Å². The molecule has 0 saturated heterocycles. The first-order valence-corrected chi connectivity index (χ1v) is 8.20. The van der Waals surface area contributed by atoms with Crippen molar-refractivity contribution in [2.45, 2.75) is 27.7 Å². The lowest BCUT2D eigenvalue weighted by molar-refractivity contribution is -0.343. The number of nitriles is 1. The summed E-state index contributed by atoms with van der Waals surface area (Å²) in [5, 5.41) is 9.19. The van der Waals surface area contributed by atoms with Gasteiger partial charge in [0.15, 0.2) is 11.4 Å². The lowest BCUT2D eigenvalue weighted by atomic mass is 9.94. The van der Waals surface area contributed by atoms with Crippen molar-refractivity contribution < 1.29 is 13.1 Å². The van der Waals surface area contributed by atoms with Gasteiger partial charge in [0, 0.05) is 30.5 Å². The summed E-state index contributed by atoms with van der Waals surface area (Å²) in [6.45, 7) is 7.34. The number of hydrogen-bond donors (Lipinski definition) is 1. The van der Waals surface area contributed by atoms with Crippen molar-refractivity contribution in [1.82, 2.24) is 9.97 Å². The lowest BCUT2D eigenvalue weighted by Crippen LogP contribution is -2.25. The summed E-state index contributed by atoms with van der Waals surface area (Å²) >= 11 is 0. The molecule has 4 nitrogen and oxygen atoms in total. The van der Waals surface area contributed by atoms with Crippen LogP contribution < -0.4 is 0 Å². The molecule has 3 heterocycles. The molecule has 0 fully saturated rings. The van der Waals surface area contributed by atoms with Crippen molar-refractivity contribution >= 4 is 18.7 Å². The molecule has 0 unspecified atom stereocenters. The normalized spacial score (nSPS) is 15.8. The SMILES string of the molecule is CC1=CC(C)=[N+](B(F)F)/C1=C(/c1ccnc(C#N)c1)c1[nH]c(C)cc1C. The molecule has 0 saturated carbocycles. The van der Waals surface area contributed by atoms with Gasteiger partial charge >= 0.3 is 7.40 Å². The minimum Gasteiger partial charge on any atom is -0.358 e. The largest absolute Gasteiger partial charge is 0.934 e. The van der Waals surface area contributed by atoms with Gasteiger partial charge in [-0.3, -0.25) is 0 Å². The Morgan fingerprint density at radius 2 is 1.96 bits per heavy atom. The zero-order valence-electron chi connectivity index (χ0n) is 15.1. The van der Waals surface area contributed by atoms with E-state index in [9.17, 15) is 13.9 Å². The van der Waals surface area contributed by atoms with E-state index in [2.05, 4.69) is 9.97 Å². The highest BCUT2D eigenvalue weighted by molar-refractivity contribution is 6.35. The predicted molar refractivity (Wildman–Crippen MR) is 97.9 cm³/mol. The Kier molecular flexibility index (Phi) is 4.60. The number of aromatic amines is 1. The first-order valence-electron chi connectivity index (χ1n) is 8.20. The second-order valence-electron chi connectivity index (χ2n) is 6.39. The lowest BCUT2D eigenvalue weighted by Gasteiger charge is -2.12. The summed E-state index contributed by atoms with van der Waals surface area (Å²) in [6, 6.07) is 7.35. The third-order valence-corrected chi connectivity index (χ3v) is 4.41. The molecule has 0 aliphatic carbocycles. The number of nitrogens with zero attached hydrogens (tertiary/aromatic N) is 3. The highest BCUT2D eigenvalue weighted by Crippen LogP contribution is 2.35. The van der Waals surface area contributed by atoms with Crippen LogP contribution in [0.4, 0.5) is 8.63 Å². The monoisotopic (exact) mass is 351 g/mol. The summed E-state index contributed by atoms with van der Waals surface area (Å²) in [5.41, 5.74) is 5.88. The first-order chi connectivity index (χ1) is 12.3. The van der Waals surface area contributed by atoms with Gasteiger partial charge in [-0.05, 0) is 50.1 Å². The van der Waals surface area contributed by atoms with Crippen molar-refractivity contribution in [2.75, 3.05) is 0 Å². The molecule has 7 heteroatoms. The molecule has 0 radical (unpaired) electrons. The minimum absolute atomic E-state index is 0.241. The van der Waals surface area contributed by atoms with Crippen molar-refractivity contribution in [3.8, 4) is 6.07 Å². The van der Waals surface area contributed by atoms with Crippen molar-refractivity contribution in [2.24, 2.45) is 0 Å². The van der Waals surface area contributed by atoms with E-state index in [1.54, 1.807) is 25.1 Å². The van der Waals surface area contributed by atoms with Gasteiger partial charge in [-0.15, -0.1) is 0 Å². The highest BCUT2D eigenvalue weighted by atomic mass is 19.2. The third kappa shape index (κ3) is 2.99. The Hall–Kier alpha value is -3.01. The molecule has 1 aliphatic rings. The predicted octanol–water partition coefficient (Wildman–Crippen LogP) is 4.01. The Labute approximate surface area is 151 Å². The van der Waals surface area contributed by atoms with Gasteiger partial charge in [-0.25, -0.2) is 18.1 Å². The topological polar surface area (TPSA) is 55.5 Å². The van der Waals surface area contributed by atoms with E-state index < -0.39 is 7.40 Å². The molecular weight excluding hydrogens is 333 g/mol. The van der Waals surface area contributed by atoms with Crippen LogP contribution in [0.3, 0.4) is 0 Å². The molecule has 0 aromatic carbocycles. The summed E-state index contributed by atoms with van der Waals surface area (Å²) in [4.78, 5) is 7.28. The van der Waals surface area contributed by atoms with Gasteiger partial charge < -0.3 is 4.98 Å². The number of nitrogens with one attached hydrogen (secondary N) is 1. The molecule has 2 aromatic rings. The summed E-state index contributed by atoms with van der Waals surface area (Å²) in [5.74, 6) is 0. The van der Waals surface area contributed by atoms with E-state index in [0.29, 0.717) is 22.5 Å². The van der Waals surface area contributed by atoms with Crippen molar-refractivity contribution in [1.29, 1.82) is 5.26 Å². The summed E-state index contributed by atoms with van der Waals surface area (Å²) in [7, 11) is -2.66. The number of H-pyrrole nitrogens is 1. The van der Waals surface area contributed by atoms with E-state index in [0.717, 1.165) is 27.0 Å². The molecule has 0 spiro atoms. The Morgan fingerprint density at radius 3 is 2.54 bits per heavy atom. The number of allylic oxidation sites excluding steroid dienone is 2. The van der Waals surface area contributed by atoms with Gasteiger partial charge in [-0.2, -0.15) is 5.26 Å². The quantitative estimate of drug-likeness (QED) is 0.850. The fourth-order valence-corrected chi connectivity index (χ4v) is 3.42.